The number of ketones is 1. The molecule has 0 aliphatic heterocycles. The predicted molar refractivity (Wildman–Crippen MR) is 62.7 cm³/mol. The molecule has 0 unspecified atom stereocenters. The first-order valence-electron chi connectivity index (χ1n) is 6.81. The fraction of sp³-hybridized carbons (Fsp3) is 0.929. The molecule has 2 aliphatic carbocycles. The number of rotatable bonds is 3. The zero-order valence-corrected chi connectivity index (χ0v) is 10.0. The molecule has 0 aromatic rings. The molecule has 86 valence electrons. The van der Waals surface area contributed by atoms with Gasteiger partial charge in [0.25, 0.3) is 0 Å². The average Bonchev–Trinajstić information content (AvgIpc) is 2.68. The van der Waals surface area contributed by atoms with Gasteiger partial charge in [-0.25, -0.2) is 0 Å². The Labute approximate surface area is 93.6 Å². The zero-order chi connectivity index (χ0) is 10.7. The second-order valence-electron chi connectivity index (χ2n) is 5.60. The molecule has 2 fully saturated rings. The van der Waals surface area contributed by atoms with Crippen molar-refractivity contribution in [1.82, 2.24) is 0 Å². The van der Waals surface area contributed by atoms with Crippen molar-refractivity contribution in [3.63, 3.8) is 0 Å². The third kappa shape index (κ3) is 2.83. The summed E-state index contributed by atoms with van der Waals surface area (Å²) in [7, 11) is 0. The number of hydrogen-bond acceptors (Lipinski definition) is 1. The molecule has 0 amide bonds. The van der Waals surface area contributed by atoms with Gasteiger partial charge < -0.3 is 0 Å². The third-order valence-corrected chi connectivity index (χ3v) is 4.53. The van der Waals surface area contributed by atoms with E-state index in [9.17, 15) is 4.79 Å². The van der Waals surface area contributed by atoms with Crippen molar-refractivity contribution in [3.05, 3.63) is 0 Å². The highest BCUT2D eigenvalue weighted by molar-refractivity contribution is 5.79. The maximum absolute atomic E-state index is 11.2. The van der Waals surface area contributed by atoms with E-state index >= 15 is 0 Å². The molecule has 2 saturated carbocycles. The first-order valence-corrected chi connectivity index (χ1v) is 6.81. The molecule has 0 radical (unpaired) electrons. The van der Waals surface area contributed by atoms with Gasteiger partial charge in [-0.15, -0.1) is 0 Å². The Morgan fingerprint density at radius 3 is 2.47 bits per heavy atom. The van der Waals surface area contributed by atoms with Gasteiger partial charge >= 0.3 is 0 Å². The van der Waals surface area contributed by atoms with Crippen molar-refractivity contribution in [1.29, 1.82) is 0 Å². The van der Waals surface area contributed by atoms with Crippen LogP contribution >= 0.6 is 0 Å². The Morgan fingerprint density at radius 2 is 1.80 bits per heavy atom. The van der Waals surface area contributed by atoms with Crippen LogP contribution in [0.15, 0.2) is 0 Å². The molecular weight excluding hydrogens is 184 g/mol. The topological polar surface area (TPSA) is 17.1 Å². The smallest absolute Gasteiger partial charge is 0.132 e. The Hall–Kier alpha value is -0.330. The fourth-order valence-corrected chi connectivity index (χ4v) is 3.65. The van der Waals surface area contributed by atoms with Crippen molar-refractivity contribution in [2.45, 2.75) is 64.7 Å². The van der Waals surface area contributed by atoms with E-state index in [1.807, 2.05) is 0 Å². The van der Waals surface area contributed by atoms with Crippen LogP contribution in [-0.4, -0.2) is 5.78 Å². The Morgan fingerprint density at radius 1 is 1.07 bits per heavy atom. The monoisotopic (exact) mass is 208 g/mol. The van der Waals surface area contributed by atoms with Gasteiger partial charge in [0.05, 0.1) is 0 Å². The van der Waals surface area contributed by atoms with Crippen molar-refractivity contribution in [2.75, 3.05) is 0 Å². The van der Waals surface area contributed by atoms with E-state index in [0.29, 0.717) is 5.78 Å². The number of Topliss-reactive ketones (excluding diaryl/α,β-unsaturated/α-hetero) is 1. The van der Waals surface area contributed by atoms with Gasteiger partial charge in [-0.05, 0) is 43.4 Å². The van der Waals surface area contributed by atoms with Crippen molar-refractivity contribution in [3.8, 4) is 0 Å². The maximum Gasteiger partial charge on any atom is 0.132 e. The van der Waals surface area contributed by atoms with Crippen LogP contribution in [0.25, 0.3) is 0 Å². The Bertz CT molecular complexity index is 211. The van der Waals surface area contributed by atoms with Crippen molar-refractivity contribution in [2.24, 2.45) is 17.8 Å². The highest BCUT2D eigenvalue weighted by Gasteiger charge is 2.32. The minimum Gasteiger partial charge on any atom is -0.300 e. The molecule has 0 aromatic carbocycles. The molecular formula is C14H24O. The van der Waals surface area contributed by atoms with E-state index in [0.717, 1.165) is 30.6 Å². The minimum absolute atomic E-state index is 0.509. The second-order valence-corrected chi connectivity index (χ2v) is 5.60. The standard InChI is InChI=1S/C14H24O/c1-2-3-11-4-5-13(10-11)12-6-8-14(15)9-7-12/h11-13H,2-10H2,1H3/t11-,13-/m1/s1. The summed E-state index contributed by atoms with van der Waals surface area (Å²) in [4.78, 5) is 11.2. The normalized spacial score (nSPS) is 33.5. The van der Waals surface area contributed by atoms with Crippen LogP contribution in [0.5, 0.6) is 0 Å². The predicted octanol–water partition coefficient (Wildman–Crippen LogP) is 3.96. The van der Waals surface area contributed by atoms with Crippen LogP contribution in [0, 0.1) is 17.8 Å². The van der Waals surface area contributed by atoms with Gasteiger partial charge in [0, 0.05) is 12.8 Å². The lowest BCUT2D eigenvalue weighted by Gasteiger charge is -2.26. The second kappa shape index (κ2) is 5.14. The minimum atomic E-state index is 0.509. The summed E-state index contributed by atoms with van der Waals surface area (Å²) in [6.45, 7) is 2.30. The molecule has 0 saturated heterocycles. The van der Waals surface area contributed by atoms with E-state index in [1.54, 1.807) is 0 Å². The molecule has 2 atom stereocenters. The molecule has 2 rings (SSSR count). The van der Waals surface area contributed by atoms with E-state index < -0.39 is 0 Å². The SMILES string of the molecule is CCC[C@@H]1CC[C@@H](C2CCC(=O)CC2)C1. The van der Waals surface area contributed by atoms with E-state index in [4.69, 9.17) is 0 Å². The molecule has 0 heterocycles. The summed E-state index contributed by atoms with van der Waals surface area (Å²) < 4.78 is 0. The molecule has 0 aromatic heterocycles. The summed E-state index contributed by atoms with van der Waals surface area (Å²) in [6, 6.07) is 0. The fourth-order valence-electron chi connectivity index (χ4n) is 3.65. The van der Waals surface area contributed by atoms with Gasteiger partial charge in [-0.3, -0.25) is 4.79 Å². The average molecular weight is 208 g/mol. The Kier molecular flexibility index (Phi) is 3.82. The maximum atomic E-state index is 11.2. The lowest BCUT2D eigenvalue weighted by molar-refractivity contribution is -0.121. The van der Waals surface area contributed by atoms with Gasteiger partial charge in [0.2, 0.25) is 0 Å². The molecule has 0 spiro atoms. The summed E-state index contributed by atoms with van der Waals surface area (Å²) >= 11 is 0. The van der Waals surface area contributed by atoms with Crippen LogP contribution in [0.2, 0.25) is 0 Å². The van der Waals surface area contributed by atoms with Crippen molar-refractivity contribution >= 4 is 5.78 Å². The quantitative estimate of drug-likeness (QED) is 0.686. The molecule has 2 aliphatic rings. The van der Waals surface area contributed by atoms with E-state index in [2.05, 4.69) is 6.92 Å². The van der Waals surface area contributed by atoms with Crippen LogP contribution in [0.3, 0.4) is 0 Å². The van der Waals surface area contributed by atoms with Crippen LogP contribution < -0.4 is 0 Å². The molecule has 0 N–H and O–H groups in total. The summed E-state index contributed by atoms with van der Waals surface area (Å²) in [5.41, 5.74) is 0. The number of hydrogen-bond donors (Lipinski definition) is 0. The van der Waals surface area contributed by atoms with Gasteiger partial charge in [0.15, 0.2) is 0 Å². The molecule has 0 bridgehead atoms. The molecule has 1 nitrogen and oxygen atoms in total. The summed E-state index contributed by atoms with van der Waals surface area (Å²) in [6.07, 6.45) is 11.3. The van der Waals surface area contributed by atoms with Crippen LogP contribution in [-0.2, 0) is 4.79 Å². The first kappa shape index (κ1) is 11.2. The highest BCUT2D eigenvalue weighted by Crippen LogP contribution is 2.42. The lowest BCUT2D eigenvalue weighted by atomic mass is 9.78. The highest BCUT2D eigenvalue weighted by atomic mass is 16.1. The van der Waals surface area contributed by atoms with Gasteiger partial charge in [-0.1, -0.05) is 26.2 Å². The van der Waals surface area contributed by atoms with Gasteiger partial charge in [0.1, 0.15) is 5.78 Å². The Balaban J connectivity index is 1.78. The summed E-state index contributed by atoms with van der Waals surface area (Å²) in [5.74, 6) is 3.38. The van der Waals surface area contributed by atoms with Crippen LogP contribution in [0.4, 0.5) is 0 Å². The molecule has 1 heteroatoms. The van der Waals surface area contributed by atoms with E-state index in [-0.39, 0.29) is 0 Å². The third-order valence-electron chi connectivity index (χ3n) is 4.53. The molecule has 15 heavy (non-hydrogen) atoms. The largest absolute Gasteiger partial charge is 0.300 e. The number of carbonyl (C=O) groups is 1. The van der Waals surface area contributed by atoms with Gasteiger partial charge in [-0.2, -0.15) is 0 Å². The van der Waals surface area contributed by atoms with Crippen LogP contribution in [0.1, 0.15) is 64.7 Å². The van der Waals surface area contributed by atoms with E-state index in [1.165, 1.54) is 44.9 Å². The number of carbonyl (C=O) groups excluding carboxylic acids is 1. The zero-order valence-electron chi connectivity index (χ0n) is 10.0. The summed E-state index contributed by atoms with van der Waals surface area (Å²) in [5, 5.41) is 0. The first-order chi connectivity index (χ1) is 7.29. The van der Waals surface area contributed by atoms with Crippen molar-refractivity contribution < 1.29 is 4.79 Å². The lowest BCUT2D eigenvalue weighted by Crippen LogP contribution is -2.20.